The number of phenols is 1. The number of carbonyl (C=O) groups excluding carboxylic acids is 3. The molecule has 1 amide bonds. The van der Waals surface area contributed by atoms with Crippen molar-refractivity contribution in [3.63, 3.8) is 0 Å². The van der Waals surface area contributed by atoms with Crippen molar-refractivity contribution >= 4 is 17.7 Å². The first-order chi connectivity index (χ1) is 20.3. The van der Waals surface area contributed by atoms with Gasteiger partial charge in [-0.05, 0) is 129 Å². The van der Waals surface area contributed by atoms with Gasteiger partial charge >= 0.3 is 5.97 Å². The van der Waals surface area contributed by atoms with Gasteiger partial charge in [-0.2, -0.15) is 0 Å². The molecule has 0 heterocycles. The molecule has 4 fully saturated rings. The Hall–Kier alpha value is -2.41. The van der Waals surface area contributed by atoms with Crippen molar-refractivity contribution < 1.29 is 24.2 Å². The van der Waals surface area contributed by atoms with E-state index in [9.17, 15) is 19.5 Å². The van der Waals surface area contributed by atoms with E-state index in [0.717, 1.165) is 44.1 Å². The molecule has 0 saturated heterocycles. The van der Waals surface area contributed by atoms with Crippen molar-refractivity contribution in [1.82, 2.24) is 5.32 Å². The second-order valence-electron chi connectivity index (χ2n) is 15.4. The van der Waals surface area contributed by atoms with Crippen LogP contribution in [0.2, 0.25) is 0 Å². The van der Waals surface area contributed by atoms with Crippen LogP contribution in [0.5, 0.6) is 5.75 Å². The predicted molar refractivity (Wildman–Crippen MR) is 167 cm³/mol. The lowest BCUT2D eigenvalue weighted by molar-refractivity contribution is -0.165. The number of ether oxygens (including phenoxy) is 1. The van der Waals surface area contributed by atoms with Gasteiger partial charge in [-0.15, -0.1) is 0 Å². The summed E-state index contributed by atoms with van der Waals surface area (Å²) in [5.41, 5.74) is 7.39. The molecule has 0 unspecified atom stereocenters. The lowest BCUT2D eigenvalue weighted by Crippen LogP contribution is -2.55. The molecule has 0 aliphatic heterocycles. The van der Waals surface area contributed by atoms with Crippen LogP contribution in [0.1, 0.15) is 104 Å². The smallest absolute Gasteiger partial charge is 0.329 e. The third-order valence-electron chi connectivity index (χ3n) is 12.4. The van der Waals surface area contributed by atoms with Crippen molar-refractivity contribution in [3.8, 4) is 5.75 Å². The van der Waals surface area contributed by atoms with Crippen LogP contribution >= 0.6 is 0 Å². The number of nitrogens with one attached hydrogen (secondary N) is 1. The molecule has 0 aromatic heterocycles. The average molecular weight is 595 g/mol. The fraction of sp³-hybridized carbons (Fsp3) is 0.750. The van der Waals surface area contributed by atoms with E-state index < -0.39 is 18.1 Å². The highest BCUT2D eigenvalue weighted by molar-refractivity contribution is 5.87. The monoisotopic (exact) mass is 594 g/mol. The van der Waals surface area contributed by atoms with Gasteiger partial charge in [0.1, 0.15) is 23.7 Å². The number of Topliss-reactive ketones (excluding diaryl/α,β-unsaturated/α-hetero) is 1. The van der Waals surface area contributed by atoms with Crippen molar-refractivity contribution in [2.24, 2.45) is 52.1 Å². The Balaban J connectivity index is 1.24. The number of fused-ring (bicyclic) bond motifs is 5. The lowest BCUT2D eigenvalue weighted by atomic mass is 9.44. The summed E-state index contributed by atoms with van der Waals surface area (Å²) in [7, 11) is 0. The number of ketones is 1. The number of hydrogen-bond acceptors (Lipinski definition) is 6. The number of rotatable bonds is 9. The van der Waals surface area contributed by atoms with E-state index in [4.69, 9.17) is 10.5 Å². The SMILES string of the molecule is CC(=O)[C@H]1CC[C@H]2[C@@H]3CC[C@H]4C[C@H](OC(=O)[C@H](Cc5ccc(O)cc5)NC(=O)[C@@H](N)CC(C)C)CC[C@]4(C)[C@H]3CC[C@]12C. The second-order valence-corrected chi connectivity index (χ2v) is 15.4. The minimum atomic E-state index is -0.841. The molecule has 0 radical (unpaired) electrons. The van der Waals surface area contributed by atoms with Crippen molar-refractivity contribution in [2.75, 3.05) is 0 Å². The third-order valence-corrected chi connectivity index (χ3v) is 12.4. The molecule has 43 heavy (non-hydrogen) atoms. The zero-order valence-corrected chi connectivity index (χ0v) is 26.9. The number of aromatic hydroxyl groups is 1. The molecule has 0 spiro atoms. The molecule has 1 aromatic carbocycles. The van der Waals surface area contributed by atoms with Crippen LogP contribution in [0, 0.1) is 46.3 Å². The summed E-state index contributed by atoms with van der Waals surface area (Å²) in [6.45, 7) is 10.7. The molecule has 4 aliphatic rings. The van der Waals surface area contributed by atoms with Gasteiger partial charge < -0.3 is 20.9 Å². The first-order valence-corrected chi connectivity index (χ1v) is 16.9. The Bertz CT molecular complexity index is 1180. The molecule has 10 atom stereocenters. The van der Waals surface area contributed by atoms with Gasteiger partial charge in [0.15, 0.2) is 0 Å². The summed E-state index contributed by atoms with van der Waals surface area (Å²) in [6, 6.07) is 5.16. The van der Waals surface area contributed by atoms with Crippen LogP contribution in [0.15, 0.2) is 24.3 Å². The minimum Gasteiger partial charge on any atom is -0.508 e. The van der Waals surface area contributed by atoms with Crippen LogP contribution in [0.4, 0.5) is 0 Å². The molecule has 238 valence electrons. The highest BCUT2D eigenvalue weighted by Crippen LogP contribution is 2.67. The third kappa shape index (κ3) is 6.39. The standard InChI is InChI=1S/C36H54N2O5/c1-21(2)18-31(37)33(41)38-32(19-23-6-9-25(40)10-7-23)34(42)43-26-14-16-35(4)24(20-26)8-11-27-29-13-12-28(22(3)39)36(29,5)17-15-30(27)35/h6-7,9-10,21,24,26-32,40H,8,11-20,37H2,1-5H3,(H,38,41)/t24-,26+,27-,28+,29-,30-,31-,32-,35-,36+/m0/s1. The second kappa shape index (κ2) is 12.5. The number of esters is 1. The Morgan fingerprint density at radius 1 is 0.977 bits per heavy atom. The molecule has 0 bridgehead atoms. The summed E-state index contributed by atoms with van der Waals surface area (Å²) in [6.07, 6.45) is 10.4. The Morgan fingerprint density at radius 3 is 2.33 bits per heavy atom. The maximum atomic E-state index is 13.6. The fourth-order valence-corrected chi connectivity index (χ4v) is 10.2. The number of benzene rings is 1. The average Bonchev–Trinajstić information content (AvgIpc) is 3.31. The van der Waals surface area contributed by atoms with Gasteiger partial charge in [0.2, 0.25) is 5.91 Å². The summed E-state index contributed by atoms with van der Waals surface area (Å²) < 4.78 is 6.19. The van der Waals surface area contributed by atoms with E-state index in [1.807, 2.05) is 13.8 Å². The Kier molecular flexibility index (Phi) is 9.33. The van der Waals surface area contributed by atoms with Gasteiger partial charge in [-0.25, -0.2) is 4.79 Å². The number of nitrogens with two attached hydrogens (primary N) is 1. The quantitative estimate of drug-likeness (QED) is 0.304. The number of phenolic OH excluding ortho intramolecular Hbond substituents is 1. The summed E-state index contributed by atoms with van der Waals surface area (Å²) in [5, 5.41) is 12.6. The molecule has 4 saturated carbocycles. The van der Waals surface area contributed by atoms with E-state index in [-0.39, 0.29) is 46.8 Å². The summed E-state index contributed by atoms with van der Waals surface area (Å²) >= 11 is 0. The normalized spacial score (nSPS) is 36.5. The maximum Gasteiger partial charge on any atom is 0.329 e. The van der Waals surface area contributed by atoms with Crippen LogP contribution in [0.25, 0.3) is 0 Å². The highest BCUT2D eigenvalue weighted by Gasteiger charge is 2.61. The largest absolute Gasteiger partial charge is 0.508 e. The van der Waals surface area contributed by atoms with Gasteiger partial charge in [0, 0.05) is 12.3 Å². The molecular weight excluding hydrogens is 540 g/mol. The van der Waals surface area contributed by atoms with Crippen molar-refractivity contribution in [1.29, 1.82) is 0 Å². The van der Waals surface area contributed by atoms with Crippen LogP contribution < -0.4 is 11.1 Å². The van der Waals surface area contributed by atoms with Gasteiger partial charge in [0.25, 0.3) is 0 Å². The van der Waals surface area contributed by atoms with Gasteiger partial charge in [0.05, 0.1) is 6.04 Å². The van der Waals surface area contributed by atoms with E-state index in [1.54, 1.807) is 31.2 Å². The number of carbonyl (C=O) groups is 3. The molecule has 4 N–H and O–H groups in total. The van der Waals surface area contributed by atoms with E-state index in [1.165, 1.54) is 19.3 Å². The molecule has 1 aromatic rings. The van der Waals surface area contributed by atoms with Crippen LogP contribution in [-0.2, 0) is 25.5 Å². The zero-order valence-electron chi connectivity index (χ0n) is 26.9. The number of amides is 1. The summed E-state index contributed by atoms with van der Waals surface area (Å²) in [4.78, 5) is 39.1. The minimum absolute atomic E-state index is 0.153. The topological polar surface area (TPSA) is 119 Å². The summed E-state index contributed by atoms with van der Waals surface area (Å²) in [5.74, 6) is 2.82. The van der Waals surface area contributed by atoms with Crippen molar-refractivity contribution in [2.45, 2.75) is 123 Å². The molecule has 7 nitrogen and oxygen atoms in total. The fourth-order valence-electron chi connectivity index (χ4n) is 10.2. The van der Waals surface area contributed by atoms with E-state index in [0.29, 0.717) is 35.9 Å². The first kappa shape index (κ1) is 32.0. The molecular formula is C36H54N2O5. The van der Waals surface area contributed by atoms with E-state index in [2.05, 4.69) is 19.2 Å². The van der Waals surface area contributed by atoms with Gasteiger partial charge in [-0.1, -0.05) is 39.8 Å². The Labute approximate surface area is 258 Å². The zero-order chi connectivity index (χ0) is 31.1. The van der Waals surface area contributed by atoms with Gasteiger partial charge in [-0.3, -0.25) is 9.59 Å². The lowest BCUT2D eigenvalue weighted by Gasteiger charge is -2.61. The van der Waals surface area contributed by atoms with Crippen LogP contribution in [0.3, 0.4) is 0 Å². The van der Waals surface area contributed by atoms with Crippen molar-refractivity contribution in [3.05, 3.63) is 29.8 Å². The predicted octanol–water partition coefficient (Wildman–Crippen LogP) is 5.95. The highest BCUT2D eigenvalue weighted by atomic mass is 16.5. The number of hydrogen-bond donors (Lipinski definition) is 3. The Morgan fingerprint density at radius 2 is 1.65 bits per heavy atom. The van der Waals surface area contributed by atoms with Crippen LogP contribution in [-0.4, -0.2) is 41.0 Å². The van der Waals surface area contributed by atoms with E-state index >= 15 is 0 Å². The molecule has 4 aliphatic carbocycles. The maximum absolute atomic E-state index is 13.6. The molecule has 5 rings (SSSR count). The molecule has 7 heteroatoms. The first-order valence-electron chi connectivity index (χ1n) is 16.9.